The van der Waals surface area contributed by atoms with E-state index in [4.69, 9.17) is 5.73 Å². The molecule has 1 aromatic heterocycles. The summed E-state index contributed by atoms with van der Waals surface area (Å²) in [5, 5.41) is 0. The molecule has 2 heteroatoms. The third-order valence-electron chi connectivity index (χ3n) is 1.74. The van der Waals surface area contributed by atoms with Gasteiger partial charge in [-0.3, -0.25) is 0 Å². The fourth-order valence-electron chi connectivity index (χ4n) is 1.23. The van der Waals surface area contributed by atoms with Crippen LogP contribution in [-0.4, -0.2) is 6.04 Å². The van der Waals surface area contributed by atoms with Crippen LogP contribution in [0.25, 0.3) is 0 Å². The summed E-state index contributed by atoms with van der Waals surface area (Å²) in [6.45, 7) is 4.27. The molecule has 0 spiro atoms. The van der Waals surface area contributed by atoms with Crippen molar-refractivity contribution < 1.29 is 0 Å². The van der Waals surface area contributed by atoms with Gasteiger partial charge in [0.05, 0.1) is 0 Å². The van der Waals surface area contributed by atoms with Crippen LogP contribution in [0.1, 0.15) is 30.0 Å². The van der Waals surface area contributed by atoms with Crippen LogP contribution in [0, 0.1) is 0 Å². The SMILES string of the molecule is CCCc1ccc(C[C@H](C)N)s1. The van der Waals surface area contributed by atoms with E-state index in [1.54, 1.807) is 0 Å². The van der Waals surface area contributed by atoms with Gasteiger partial charge in [-0.05, 0) is 31.9 Å². The largest absolute Gasteiger partial charge is 0.328 e. The van der Waals surface area contributed by atoms with Gasteiger partial charge in [-0.15, -0.1) is 11.3 Å². The number of nitrogens with two attached hydrogens (primary N) is 1. The Kier molecular flexibility index (Phi) is 3.76. The maximum Gasteiger partial charge on any atom is 0.00634 e. The average Bonchev–Trinajstić information content (AvgIpc) is 2.36. The van der Waals surface area contributed by atoms with Gasteiger partial charge in [-0.25, -0.2) is 0 Å². The number of hydrogen-bond acceptors (Lipinski definition) is 2. The molecule has 0 fully saturated rings. The van der Waals surface area contributed by atoms with Crippen molar-refractivity contribution >= 4 is 11.3 Å². The van der Waals surface area contributed by atoms with Crippen molar-refractivity contribution in [3.8, 4) is 0 Å². The molecular formula is C10H17NS. The summed E-state index contributed by atoms with van der Waals surface area (Å²) in [7, 11) is 0. The van der Waals surface area contributed by atoms with Crippen LogP contribution in [0.2, 0.25) is 0 Å². The highest BCUT2D eigenvalue weighted by atomic mass is 32.1. The summed E-state index contributed by atoms with van der Waals surface area (Å²) < 4.78 is 0. The second-order valence-corrected chi connectivity index (χ2v) is 4.55. The quantitative estimate of drug-likeness (QED) is 0.763. The molecule has 0 bridgehead atoms. The topological polar surface area (TPSA) is 26.0 Å². The van der Waals surface area contributed by atoms with Gasteiger partial charge in [0.2, 0.25) is 0 Å². The first-order valence-electron chi connectivity index (χ1n) is 4.55. The van der Waals surface area contributed by atoms with E-state index in [0.717, 1.165) is 6.42 Å². The summed E-state index contributed by atoms with van der Waals surface area (Å²) in [6, 6.07) is 4.73. The van der Waals surface area contributed by atoms with E-state index >= 15 is 0 Å². The van der Waals surface area contributed by atoms with Gasteiger partial charge < -0.3 is 5.73 Å². The van der Waals surface area contributed by atoms with Crippen LogP contribution in [0.4, 0.5) is 0 Å². The molecule has 12 heavy (non-hydrogen) atoms. The Hall–Kier alpha value is -0.340. The van der Waals surface area contributed by atoms with Crippen molar-refractivity contribution in [3.63, 3.8) is 0 Å². The van der Waals surface area contributed by atoms with E-state index in [1.807, 2.05) is 11.3 Å². The standard InChI is InChI=1S/C10H17NS/c1-3-4-9-5-6-10(12-9)7-8(2)11/h5-6,8H,3-4,7,11H2,1-2H3/t8-/m0/s1. The number of thiophene rings is 1. The number of hydrogen-bond donors (Lipinski definition) is 1. The van der Waals surface area contributed by atoms with Crippen LogP contribution in [0.3, 0.4) is 0 Å². The molecule has 0 aromatic carbocycles. The molecule has 0 aliphatic rings. The van der Waals surface area contributed by atoms with Crippen molar-refractivity contribution in [2.45, 2.75) is 39.2 Å². The molecule has 0 aliphatic carbocycles. The normalized spacial score (nSPS) is 13.2. The van der Waals surface area contributed by atoms with Gasteiger partial charge in [0.15, 0.2) is 0 Å². The summed E-state index contributed by atoms with van der Waals surface area (Å²) >= 11 is 1.91. The lowest BCUT2D eigenvalue weighted by Gasteiger charge is -2.00. The summed E-state index contributed by atoms with van der Waals surface area (Å²) in [6.07, 6.45) is 3.47. The molecule has 0 saturated heterocycles. The summed E-state index contributed by atoms with van der Waals surface area (Å²) in [5.41, 5.74) is 5.71. The molecule has 0 amide bonds. The second kappa shape index (κ2) is 4.63. The lowest BCUT2D eigenvalue weighted by molar-refractivity contribution is 0.746. The first-order valence-corrected chi connectivity index (χ1v) is 5.37. The van der Waals surface area contributed by atoms with E-state index in [2.05, 4.69) is 26.0 Å². The van der Waals surface area contributed by atoms with E-state index in [1.165, 1.54) is 22.6 Å². The molecule has 1 heterocycles. The zero-order chi connectivity index (χ0) is 8.97. The van der Waals surface area contributed by atoms with Crippen molar-refractivity contribution in [1.82, 2.24) is 0 Å². The molecule has 1 atom stereocenters. The highest BCUT2D eigenvalue weighted by Crippen LogP contribution is 2.18. The first kappa shape index (κ1) is 9.75. The zero-order valence-corrected chi connectivity index (χ0v) is 8.66. The molecule has 68 valence electrons. The first-order chi connectivity index (χ1) is 5.72. The van der Waals surface area contributed by atoms with Crippen LogP contribution in [0.15, 0.2) is 12.1 Å². The maximum absolute atomic E-state index is 5.71. The minimum atomic E-state index is 0.290. The third kappa shape index (κ3) is 2.95. The van der Waals surface area contributed by atoms with Gasteiger partial charge in [0.25, 0.3) is 0 Å². The van der Waals surface area contributed by atoms with E-state index < -0.39 is 0 Å². The Morgan fingerprint density at radius 3 is 2.67 bits per heavy atom. The average molecular weight is 183 g/mol. The fraction of sp³-hybridized carbons (Fsp3) is 0.600. The molecule has 1 nitrogen and oxygen atoms in total. The Balaban J connectivity index is 2.52. The monoisotopic (exact) mass is 183 g/mol. The molecule has 1 rings (SSSR count). The van der Waals surface area contributed by atoms with Gasteiger partial charge in [-0.2, -0.15) is 0 Å². The van der Waals surface area contributed by atoms with Crippen LogP contribution in [-0.2, 0) is 12.8 Å². The molecular weight excluding hydrogens is 166 g/mol. The predicted octanol–water partition coefficient (Wildman–Crippen LogP) is 2.59. The van der Waals surface area contributed by atoms with Crippen LogP contribution < -0.4 is 5.73 Å². The van der Waals surface area contributed by atoms with Crippen molar-refractivity contribution in [2.75, 3.05) is 0 Å². The highest BCUT2D eigenvalue weighted by Gasteiger charge is 2.01. The van der Waals surface area contributed by atoms with Crippen LogP contribution in [0.5, 0.6) is 0 Å². The van der Waals surface area contributed by atoms with Gasteiger partial charge in [0, 0.05) is 15.8 Å². The molecule has 2 N–H and O–H groups in total. The smallest absolute Gasteiger partial charge is 0.00634 e. The predicted molar refractivity (Wildman–Crippen MR) is 55.7 cm³/mol. The number of rotatable bonds is 4. The van der Waals surface area contributed by atoms with Crippen molar-refractivity contribution in [1.29, 1.82) is 0 Å². The van der Waals surface area contributed by atoms with Crippen LogP contribution >= 0.6 is 11.3 Å². The molecule has 0 unspecified atom stereocenters. The Bertz CT molecular complexity index is 227. The summed E-state index contributed by atoms with van der Waals surface area (Å²) in [4.78, 5) is 2.92. The van der Waals surface area contributed by atoms with E-state index in [0.29, 0.717) is 0 Å². The Labute approximate surface area is 78.6 Å². The minimum Gasteiger partial charge on any atom is -0.328 e. The molecule has 0 aliphatic heterocycles. The lowest BCUT2D eigenvalue weighted by Crippen LogP contribution is -2.16. The van der Waals surface area contributed by atoms with E-state index in [9.17, 15) is 0 Å². The minimum absolute atomic E-state index is 0.290. The third-order valence-corrected chi connectivity index (χ3v) is 2.90. The molecule has 0 radical (unpaired) electrons. The van der Waals surface area contributed by atoms with Crippen molar-refractivity contribution in [2.24, 2.45) is 5.73 Å². The fourth-order valence-corrected chi connectivity index (χ4v) is 2.49. The van der Waals surface area contributed by atoms with Gasteiger partial charge in [0.1, 0.15) is 0 Å². The zero-order valence-electron chi connectivity index (χ0n) is 7.84. The molecule has 1 aromatic rings. The second-order valence-electron chi connectivity index (χ2n) is 3.30. The van der Waals surface area contributed by atoms with E-state index in [-0.39, 0.29) is 6.04 Å². The highest BCUT2D eigenvalue weighted by molar-refractivity contribution is 7.11. The Morgan fingerprint density at radius 1 is 1.42 bits per heavy atom. The van der Waals surface area contributed by atoms with Gasteiger partial charge in [-0.1, -0.05) is 13.3 Å². The molecule has 0 saturated carbocycles. The number of aryl methyl sites for hydroxylation is 1. The lowest BCUT2D eigenvalue weighted by atomic mass is 10.2. The van der Waals surface area contributed by atoms with Gasteiger partial charge >= 0.3 is 0 Å². The summed E-state index contributed by atoms with van der Waals surface area (Å²) in [5.74, 6) is 0. The Morgan fingerprint density at radius 2 is 2.08 bits per heavy atom. The van der Waals surface area contributed by atoms with Crippen molar-refractivity contribution in [3.05, 3.63) is 21.9 Å². The maximum atomic E-state index is 5.71.